The highest BCUT2D eigenvalue weighted by atomic mass is 31.2. The van der Waals surface area contributed by atoms with Crippen LogP contribution in [-0.2, 0) is 17.8 Å². The lowest BCUT2D eigenvalue weighted by atomic mass is 10.4. The first-order valence-corrected chi connectivity index (χ1v) is 11.8. The Labute approximate surface area is 145 Å². The first kappa shape index (κ1) is 19.1. The molecule has 6 heteroatoms. The summed E-state index contributed by atoms with van der Waals surface area (Å²) < 4.78 is 30.3. The van der Waals surface area contributed by atoms with E-state index in [1.807, 2.05) is 60.7 Å². The summed E-state index contributed by atoms with van der Waals surface area (Å²) in [5.41, 5.74) is 0. The van der Waals surface area contributed by atoms with E-state index in [2.05, 4.69) is 0 Å². The second-order valence-corrected chi connectivity index (χ2v) is 11.6. The van der Waals surface area contributed by atoms with E-state index >= 15 is 0 Å². The molecule has 24 heavy (non-hydrogen) atoms. The first-order chi connectivity index (χ1) is 11.6. The van der Waals surface area contributed by atoms with E-state index in [1.54, 1.807) is 21.3 Å². The summed E-state index contributed by atoms with van der Waals surface area (Å²) in [7, 11) is -0.513. The maximum Gasteiger partial charge on any atom is 0.500 e. The van der Waals surface area contributed by atoms with Crippen molar-refractivity contribution in [2.24, 2.45) is 0 Å². The minimum absolute atomic E-state index is 0.561. The Morgan fingerprint density at radius 2 is 1.21 bits per heavy atom. The van der Waals surface area contributed by atoms with E-state index < -0.39 is 15.9 Å². The average Bonchev–Trinajstić information content (AvgIpc) is 2.67. The van der Waals surface area contributed by atoms with Gasteiger partial charge in [0.25, 0.3) is 0 Å². The van der Waals surface area contributed by atoms with Gasteiger partial charge in [0.15, 0.2) is 0 Å². The van der Waals surface area contributed by atoms with E-state index in [4.69, 9.17) is 13.3 Å². The molecule has 0 saturated heterocycles. The summed E-state index contributed by atoms with van der Waals surface area (Å²) in [6.07, 6.45) is 1.27. The molecule has 0 spiro atoms. The van der Waals surface area contributed by atoms with Crippen molar-refractivity contribution < 1.29 is 17.8 Å². The number of rotatable bonds is 9. The highest BCUT2D eigenvalue weighted by Crippen LogP contribution is 2.44. The second-order valence-electron chi connectivity index (χ2n) is 5.53. The molecular formula is C18H25O4PSi. The van der Waals surface area contributed by atoms with Crippen molar-refractivity contribution in [1.29, 1.82) is 0 Å². The summed E-state index contributed by atoms with van der Waals surface area (Å²) in [6.45, 7) is 0. The Balaban J connectivity index is 2.24. The molecule has 0 heterocycles. The molecule has 0 radical (unpaired) electrons. The van der Waals surface area contributed by atoms with Crippen molar-refractivity contribution in [3.05, 3.63) is 60.7 Å². The summed E-state index contributed by atoms with van der Waals surface area (Å²) >= 11 is 0. The van der Waals surface area contributed by atoms with Crippen LogP contribution in [0.2, 0.25) is 6.04 Å². The molecule has 0 atom stereocenters. The fraction of sp³-hybridized carbons (Fsp3) is 0.333. The van der Waals surface area contributed by atoms with Gasteiger partial charge in [-0.1, -0.05) is 60.7 Å². The monoisotopic (exact) mass is 364 g/mol. The number of benzene rings is 2. The maximum atomic E-state index is 13.9. The minimum atomic E-state index is -2.69. The van der Waals surface area contributed by atoms with Gasteiger partial charge < -0.3 is 17.8 Å². The molecule has 0 saturated carbocycles. The van der Waals surface area contributed by atoms with Gasteiger partial charge in [0.1, 0.15) is 7.14 Å². The van der Waals surface area contributed by atoms with Crippen LogP contribution < -0.4 is 10.6 Å². The van der Waals surface area contributed by atoms with Gasteiger partial charge in [-0.2, -0.15) is 0 Å². The lowest BCUT2D eigenvalue weighted by molar-refractivity contribution is 0.123. The molecule has 0 aliphatic rings. The van der Waals surface area contributed by atoms with Crippen molar-refractivity contribution in [3.8, 4) is 0 Å². The second kappa shape index (κ2) is 8.74. The van der Waals surface area contributed by atoms with Crippen LogP contribution in [0.3, 0.4) is 0 Å². The van der Waals surface area contributed by atoms with Crippen LogP contribution in [0.25, 0.3) is 0 Å². The van der Waals surface area contributed by atoms with Crippen molar-refractivity contribution in [2.75, 3.05) is 27.5 Å². The quantitative estimate of drug-likeness (QED) is 0.506. The molecule has 130 valence electrons. The van der Waals surface area contributed by atoms with Gasteiger partial charge in [0.2, 0.25) is 0 Å². The van der Waals surface area contributed by atoms with Gasteiger partial charge in [-0.25, -0.2) is 0 Å². The normalized spacial score (nSPS) is 12.3. The molecule has 0 unspecified atom stereocenters. The van der Waals surface area contributed by atoms with E-state index in [-0.39, 0.29) is 0 Å². The molecule has 0 aliphatic carbocycles. The van der Waals surface area contributed by atoms with Crippen LogP contribution in [0.4, 0.5) is 0 Å². The van der Waals surface area contributed by atoms with Crippen LogP contribution in [0.15, 0.2) is 60.7 Å². The van der Waals surface area contributed by atoms with Gasteiger partial charge in [-0.15, -0.1) is 0 Å². The Hall–Kier alpha value is -1.23. The Kier molecular flexibility index (Phi) is 6.96. The van der Waals surface area contributed by atoms with Crippen LogP contribution >= 0.6 is 7.14 Å². The molecule has 4 nitrogen and oxygen atoms in total. The molecular weight excluding hydrogens is 339 g/mol. The topological polar surface area (TPSA) is 44.8 Å². The fourth-order valence-electron chi connectivity index (χ4n) is 2.82. The minimum Gasteiger partial charge on any atom is -0.377 e. The van der Waals surface area contributed by atoms with E-state index in [0.29, 0.717) is 18.6 Å². The van der Waals surface area contributed by atoms with Gasteiger partial charge in [0, 0.05) is 44.1 Å². The van der Waals surface area contributed by atoms with Crippen molar-refractivity contribution in [3.63, 3.8) is 0 Å². The van der Waals surface area contributed by atoms with Crippen LogP contribution in [-0.4, -0.2) is 36.3 Å². The summed E-state index contributed by atoms with van der Waals surface area (Å²) in [5.74, 6) is 0. The maximum absolute atomic E-state index is 13.9. The van der Waals surface area contributed by atoms with E-state index in [1.165, 1.54) is 0 Å². The fourth-order valence-corrected chi connectivity index (χ4v) is 7.56. The SMILES string of the molecule is CO[Si](CCCP(=O)(c1ccccc1)c1ccccc1)(OC)OC. The molecule has 0 aliphatic heterocycles. The Bertz CT molecular complexity index is 607. The largest absolute Gasteiger partial charge is 0.500 e. The van der Waals surface area contributed by atoms with Gasteiger partial charge in [0.05, 0.1) is 0 Å². The zero-order valence-electron chi connectivity index (χ0n) is 14.5. The smallest absolute Gasteiger partial charge is 0.377 e. The zero-order chi connectivity index (χ0) is 17.5. The molecule has 0 bridgehead atoms. The van der Waals surface area contributed by atoms with E-state index in [9.17, 15) is 4.57 Å². The summed E-state index contributed by atoms with van der Waals surface area (Å²) in [5, 5.41) is 1.77. The highest BCUT2D eigenvalue weighted by molar-refractivity contribution is 7.78. The first-order valence-electron chi connectivity index (χ1n) is 7.96. The predicted octanol–water partition coefficient (Wildman–Crippen LogP) is 3.27. The Morgan fingerprint density at radius 1 is 0.792 bits per heavy atom. The summed E-state index contributed by atoms with van der Waals surface area (Å²) in [4.78, 5) is 0. The number of hydrogen-bond donors (Lipinski definition) is 0. The van der Waals surface area contributed by atoms with Crippen molar-refractivity contribution in [1.82, 2.24) is 0 Å². The van der Waals surface area contributed by atoms with Gasteiger partial charge in [-0.3, -0.25) is 0 Å². The van der Waals surface area contributed by atoms with Gasteiger partial charge >= 0.3 is 8.80 Å². The molecule has 2 aromatic carbocycles. The lowest BCUT2D eigenvalue weighted by Gasteiger charge is -2.25. The Morgan fingerprint density at radius 3 is 1.58 bits per heavy atom. The van der Waals surface area contributed by atoms with Crippen LogP contribution in [0.1, 0.15) is 6.42 Å². The molecule has 2 rings (SSSR count). The van der Waals surface area contributed by atoms with Crippen LogP contribution in [0, 0.1) is 0 Å². The van der Waals surface area contributed by atoms with E-state index in [0.717, 1.165) is 10.6 Å². The third kappa shape index (κ3) is 4.24. The third-order valence-corrected chi connectivity index (χ3v) is 10.3. The van der Waals surface area contributed by atoms with Crippen molar-refractivity contribution >= 4 is 26.6 Å². The number of hydrogen-bond acceptors (Lipinski definition) is 4. The van der Waals surface area contributed by atoms with Crippen molar-refractivity contribution in [2.45, 2.75) is 12.5 Å². The molecule has 0 N–H and O–H groups in total. The lowest BCUT2D eigenvalue weighted by Crippen LogP contribution is -2.42. The van der Waals surface area contributed by atoms with Crippen LogP contribution in [0.5, 0.6) is 0 Å². The summed E-state index contributed by atoms with van der Waals surface area (Å²) in [6, 6.07) is 20.0. The highest BCUT2D eigenvalue weighted by Gasteiger charge is 2.38. The standard InChI is InChI=1S/C18H25O4PSi/c1-20-24(21-2,22-3)16-10-15-23(19,17-11-6-4-7-12-17)18-13-8-5-9-14-18/h4-9,11-14H,10,15-16H2,1-3H3. The molecule has 0 fully saturated rings. The van der Waals surface area contributed by atoms with Gasteiger partial charge in [-0.05, 0) is 6.42 Å². The predicted molar refractivity (Wildman–Crippen MR) is 101 cm³/mol. The molecule has 2 aromatic rings. The third-order valence-electron chi connectivity index (χ3n) is 4.24. The average molecular weight is 364 g/mol. The molecule has 0 amide bonds. The molecule has 0 aromatic heterocycles. The zero-order valence-corrected chi connectivity index (χ0v) is 16.4.